The monoisotopic (exact) mass is 300 g/mol. The molecule has 126 valence electrons. The lowest BCUT2D eigenvalue weighted by atomic mass is 10.2. The Morgan fingerprint density at radius 3 is 2.43 bits per heavy atom. The molecule has 21 heavy (non-hydrogen) atoms. The van der Waals surface area contributed by atoms with E-state index in [9.17, 15) is 0 Å². The number of morpholine rings is 1. The molecule has 1 fully saturated rings. The number of hydrogen-bond donors (Lipinski definition) is 1. The Balaban J connectivity index is 1.69. The quantitative estimate of drug-likeness (QED) is 0.500. The van der Waals surface area contributed by atoms with Crippen LogP contribution in [0.15, 0.2) is 0 Å². The van der Waals surface area contributed by atoms with Gasteiger partial charge in [-0.3, -0.25) is 4.90 Å². The van der Waals surface area contributed by atoms with Gasteiger partial charge in [0.15, 0.2) is 0 Å². The molecule has 0 aromatic heterocycles. The predicted octanol–water partition coefficient (Wildman–Crippen LogP) is 2.68. The van der Waals surface area contributed by atoms with E-state index in [4.69, 9.17) is 9.47 Å². The van der Waals surface area contributed by atoms with Gasteiger partial charge in [0.1, 0.15) is 0 Å². The molecule has 4 heteroatoms. The second kappa shape index (κ2) is 14.8. The molecule has 1 heterocycles. The van der Waals surface area contributed by atoms with Crippen LogP contribution in [0.25, 0.3) is 0 Å². The van der Waals surface area contributed by atoms with E-state index in [1.54, 1.807) is 0 Å². The Morgan fingerprint density at radius 2 is 1.62 bits per heavy atom. The van der Waals surface area contributed by atoms with Gasteiger partial charge >= 0.3 is 0 Å². The van der Waals surface area contributed by atoms with Crippen LogP contribution >= 0.6 is 0 Å². The molecular formula is C17H36N2O2. The fourth-order valence-electron chi connectivity index (χ4n) is 2.59. The zero-order valence-electron chi connectivity index (χ0n) is 14.1. The van der Waals surface area contributed by atoms with Gasteiger partial charge in [-0.25, -0.2) is 0 Å². The van der Waals surface area contributed by atoms with Crippen LogP contribution in [0.5, 0.6) is 0 Å². The third kappa shape index (κ3) is 12.1. The highest BCUT2D eigenvalue weighted by Crippen LogP contribution is 2.02. The van der Waals surface area contributed by atoms with E-state index in [0.29, 0.717) is 0 Å². The number of rotatable bonds is 14. The SMILES string of the molecule is CCCCCCCOCCCNCCCN1CCOCC1. The number of unbranched alkanes of at least 4 members (excludes halogenated alkanes) is 4. The predicted molar refractivity (Wildman–Crippen MR) is 88.9 cm³/mol. The van der Waals surface area contributed by atoms with Gasteiger partial charge in [0.2, 0.25) is 0 Å². The number of nitrogens with one attached hydrogen (secondary N) is 1. The van der Waals surface area contributed by atoms with Crippen LogP contribution < -0.4 is 5.32 Å². The number of nitrogens with zero attached hydrogens (tertiary/aromatic N) is 1. The largest absolute Gasteiger partial charge is 0.381 e. The van der Waals surface area contributed by atoms with Gasteiger partial charge < -0.3 is 14.8 Å². The summed E-state index contributed by atoms with van der Waals surface area (Å²) in [6.07, 6.45) is 8.97. The van der Waals surface area contributed by atoms with Crippen LogP contribution in [0.1, 0.15) is 51.9 Å². The second-order valence-corrected chi connectivity index (χ2v) is 5.94. The molecule has 0 bridgehead atoms. The smallest absolute Gasteiger partial charge is 0.0594 e. The van der Waals surface area contributed by atoms with E-state index < -0.39 is 0 Å². The molecule has 4 nitrogen and oxygen atoms in total. The lowest BCUT2D eigenvalue weighted by molar-refractivity contribution is 0.0374. The van der Waals surface area contributed by atoms with E-state index in [2.05, 4.69) is 17.1 Å². The summed E-state index contributed by atoms with van der Waals surface area (Å²) in [4.78, 5) is 2.49. The second-order valence-electron chi connectivity index (χ2n) is 5.94. The fourth-order valence-corrected chi connectivity index (χ4v) is 2.59. The van der Waals surface area contributed by atoms with Gasteiger partial charge in [0.05, 0.1) is 13.2 Å². The molecule has 0 unspecified atom stereocenters. The maximum absolute atomic E-state index is 5.65. The average Bonchev–Trinajstić information content (AvgIpc) is 2.53. The third-order valence-corrected chi connectivity index (χ3v) is 3.97. The van der Waals surface area contributed by atoms with Crippen molar-refractivity contribution in [1.29, 1.82) is 0 Å². The average molecular weight is 300 g/mol. The maximum Gasteiger partial charge on any atom is 0.0594 e. The van der Waals surface area contributed by atoms with Crippen molar-refractivity contribution in [2.45, 2.75) is 51.9 Å². The molecule has 1 rings (SSSR count). The molecule has 1 aliphatic heterocycles. The molecule has 0 radical (unpaired) electrons. The zero-order chi connectivity index (χ0) is 15.0. The molecular weight excluding hydrogens is 264 g/mol. The van der Waals surface area contributed by atoms with E-state index in [-0.39, 0.29) is 0 Å². The standard InChI is InChI=1S/C17H36N2O2/c1-2-3-4-5-6-14-20-15-8-10-18-9-7-11-19-12-16-21-17-13-19/h18H,2-17H2,1H3. The summed E-state index contributed by atoms with van der Waals surface area (Å²) < 4.78 is 11.0. The van der Waals surface area contributed by atoms with Crippen molar-refractivity contribution in [3.05, 3.63) is 0 Å². The van der Waals surface area contributed by atoms with Crippen molar-refractivity contribution in [3.63, 3.8) is 0 Å². The Morgan fingerprint density at radius 1 is 0.905 bits per heavy atom. The Bertz CT molecular complexity index is 209. The molecule has 1 saturated heterocycles. The van der Waals surface area contributed by atoms with Crippen molar-refractivity contribution < 1.29 is 9.47 Å². The van der Waals surface area contributed by atoms with Crippen molar-refractivity contribution in [3.8, 4) is 0 Å². The molecule has 0 amide bonds. The van der Waals surface area contributed by atoms with E-state index in [1.165, 1.54) is 45.1 Å². The van der Waals surface area contributed by atoms with Crippen LogP contribution in [0.4, 0.5) is 0 Å². The van der Waals surface area contributed by atoms with Crippen molar-refractivity contribution in [2.75, 3.05) is 59.2 Å². The Labute approximate surface area is 131 Å². The lowest BCUT2D eigenvalue weighted by Gasteiger charge is -2.26. The Hall–Kier alpha value is -0.160. The minimum absolute atomic E-state index is 0.906. The van der Waals surface area contributed by atoms with Crippen LogP contribution in [0.3, 0.4) is 0 Å². The molecule has 0 atom stereocenters. The molecule has 0 aromatic rings. The lowest BCUT2D eigenvalue weighted by Crippen LogP contribution is -2.37. The molecule has 0 aromatic carbocycles. The van der Waals surface area contributed by atoms with Gasteiger partial charge in [0.25, 0.3) is 0 Å². The topological polar surface area (TPSA) is 33.7 Å². The summed E-state index contributed by atoms with van der Waals surface area (Å²) in [5.74, 6) is 0. The van der Waals surface area contributed by atoms with Crippen molar-refractivity contribution in [2.24, 2.45) is 0 Å². The molecule has 0 saturated carbocycles. The zero-order valence-corrected chi connectivity index (χ0v) is 14.1. The number of ether oxygens (including phenoxy) is 2. The van der Waals surface area contributed by atoms with Gasteiger partial charge in [-0.15, -0.1) is 0 Å². The third-order valence-electron chi connectivity index (χ3n) is 3.97. The van der Waals surface area contributed by atoms with Crippen LogP contribution in [0, 0.1) is 0 Å². The van der Waals surface area contributed by atoms with Gasteiger partial charge in [0, 0.05) is 26.3 Å². The summed E-state index contributed by atoms with van der Waals surface area (Å²) >= 11 is 0. The first-order chi connectivity index (χ1) is 10.4. The summed E-state index contributed by atoms with van der Waals surface area (Å²) in [6, 6.07) is 0. The highest BCUT2D eigenvalue weighted by Gasteiger charge is 2.08. The van der Waals surface area contributed by atoms with Gasteiger partial charge in [-0.1, -0.05) is 32.6 Å². The molecule has 1 aliphatic rings. The van der Waals surface area contributed by atoms with Crippen molar-refractivity contribution >= 4 is 0 Å². The first-order valence-electron chi connectivity index (χ1n) is 9.02. The highest BCUT2D eigenvalue weighted by atomic mass is 16.5. The Kier molecular flexibility index (Phi) is 13.3. The highest BCUT2D eigenvalue weighted by molar-refractivity contribution is 4.62. The normalized spacial score (nSPS) is 16.4. The maximum atomic E-state index is 5.65. The molecule has 0 spiro atoms. The summed E-state index contributed by atoms with van der Waals surface area (Å²) in [5, 5.41) is 3.51. The van der Waals surface area contributed by atoms with E-state index in [1.807, 2.05) is 0 Å². The van der Waals surface area contributed by atoms with Crippen LogP contribution in [-0.2, 0) is 9.47 Å². The summed E-state index contributed by atoms with van der Waals surface area (Å²) in [6.45, 7) is 11.5. The summed E-state index contributed by atoms with van der Waals surface area (Å²) in [7, 11) is 0. The van der Waals surface area contributed by atoms with Crippen LogP contribution in [-0.4, -0.2) is 64.1 Å². The first-order valence-corrected chi connectivity index (χ1v) is 9.02. The minimum Gasteiger partial charge on any atom is -0.381 e. The first kappa shape index (κ1) is 18.9. The van der Waals surface area contributed by atoms with Crippen molar-refractivity contribution in [1.82, 2.24) is 10.2 Å². The fraction of sp³-hybridized carbons (Fsp3) is 1.00. The number of hydrogen-bond acceptors (Lipinski definition) is 4. The van der Waals surface area contributed by atoms with Crippen LogP contribution in [0.2, 0.25) is 0 Å². The van der Waals surface area contributed by atoms with E-state index in [0.717, 1.165) is 59.0 Å². The minimum atomic E-state index is 0.906. The van der Waals surface area contributed by atoms with Gasteiger partial charge in [-0.05, 0) is 38.9 Å². The van der Waals surface area contributed by atoms with E-state index >= 15 is 0 Å². The van der Waals surface area contributed by atoms with Gasteiger partial charge in [-0.2, -0.15) is 0 Å². The summed E-state index contributed by atoms with van der Waals surface area (Å²) in [5.41, 5.74) is 0. The molecule has 0 aliphatic carbocycles. The molecule has 1 N–H and O–H groups in total.